The number of hydrazone groups is 1. The van der Waals surface area contributed by atoms with E-state index in [1.165, 1.54) is 21.9 Å². The van der Waals surface area contributed by atoms with Gasteiger partial charge in [-0.15, -0.1) is 0 Å². The number of amides is 1. The number of rotatable bonds is 3. The van der Waals surface area contributed by atoms with E-state index >= 15 is 0 Å². The molecule has 0 unspecified atom stereocenters. The van der Waals surface area contributed by atoms with Crippen molar-refractivity contribution in [1.82, 2.24) is 15.6 Å². The topological polar surface area (TPSA) is 70.1 Å². The number of carbonyl (C=O) groups is 1. The van der Waals surface area contributed by atoms with Crippen LogP contribution in [-0.4, -0.2) is 21.8 Å². The number of benzene rings is 2. The summed E-state index contributed by atoms with van der Waals surface area (Å²) in [5.41, 5.74) is 8.39. The average Bonchev–Trinajstić information content (AvgIpc) is 3.21. The summed E-state index contributed by atoms with van der Waals surface area (Å²) in [6.45, 7) is 3.76. The Morgan fingerprint density at radius 1 is 1.21 bits per heavy atom. The number of aromatic nitrogens is 2. The largest absolute Gasteiger partial charge is 0.291 e. The van der Waals surface area contributed by atoms with Gasteiger partial charge in [0.25, 0.3) is 5.91 Å². The average molecular weight is 318 g/mol. The van der Waals surface area contributed by atoms with Crippen LogP contribution in [-0.2, 0) is 12.8 Å². The molecule has 1 aliphatic carbocycles. The van der Waals surface area contributed by atoms with Crippen molar-refractivity contribution >= 4 is 22.4 Å². The summed E-state index contributed by atoms with van der Waals surface area (Å²) in [6, 6.07) is 12.4. The first-order chi connectivity index (χ1) is 11.6. The van der Waals surface area contributed by atoms with Crippen molar-refractivity contribution in [1.29, 1.82) is 0 Å². The fraction of sp³-hybridized carbons (Fsp3) is 0.211. The molecule has 120 valence electrons. The van der Waals surface area contributed by atoms with E-state index in [-0.39, 0.29) is 5.91 Å². The van der Waals surface area contributed by atoms with Crippen LogP contribution < -0.4 is 5.43 Å². The molecule has 1 amide bonds. The van der Waals surface area contributed by atoms with Gasteiger partial charge in [-0.2, -0.15) is 10.2 Å². The van der Waals surface area contributed by atoms with Gasteiger partial charge in [0.05, 0.1) is 5.71 Å². The van der Waals surface area contributed by atoms with Crippen LogP contribution in [0.5, 0.6) is 0 Å². The Morgan fingerprint density at radius 3 is 2.75 bits per heavy atom. The highest BCUT2D eigenvalue weighted by molar-refractivity contribution is 6.11. The molecule has 3 aromatic rings. The molecule has 0 radical (unpaired) electrons. The van der Waals surface area contributed by atoms with E-state index in [2.05, 4.69) is 51.1 Å². The van der Waals surface area contributed by atoms with E-state index in [1.54, 1.807) is 6.07 Å². The minimum absolute atomic E-state index is 0.315. The summed E-state index contributed by atoms with van der Waals surface area (Å²) < 4.78 is 0. The summed E-state index contributed by atoms with van der Waals surface area (Å²) >= 11 is 0. The Hall–Kier alpha value is -2.95. The van der Waals surface area contributed by atoms with Crippen molar-refractivity contribution in [2.24, 2.45) is 5.10 Å². The second kappa shape index (κ2) is 5.60. The van der Waals surface area contributed by atoms with E-state index in [0.29, 0.717) is 5.69 Å². The van der Waals surface area contributed by atoms with Gasteiger partial charge < -0.3 is 0 Å². The molecule has 1 heterocycles. The number of aryl methyl sites for hydroxylation is 3. The van der Waals surface area contributed by atoms with Gasteiger partial charge in [0, 0.05) is 11.3 Å². The molecular formula is C19H18N4O. The predicted octanol–water partition coefficient (Wildman–Crippen LogP) is 3.12. The van der Waals surface area contributed by atoms with Crippen molar-refractivity contribution in [2.45, 2.75) is 26.7 Å². The third kappa shape index (κ3) is 2.38. The van der Waals surface area contributed by atoms with Gasteiger partial charge >= 0.3 is 0 Å². The highest BCUT2D eigenvalue weighted by atomic mass is 16.2. The third-order valence-corrected chi connectivity index (χ3v) is 4.53. The molecule has 0 aliphatic heterocycles. The molecular weight excluding hydrogens is 300 g/mol. The van der Waals surface area contributed by atoms with Crippen molar-refractivity contribution in [2.75, 3.05) is 0 Å². The summed E-state index contributed by atoms with van der Waals surface area (Å²) in [5.74, 6) is -0.315. The quantitative estimate of drug-likeness (QED) is 0.575. The molecule has 0 saturated carbocycles. The van der Waals surface area contributed by atoms with Crippen LogP contribution in [0.2, 0.25) is 0 Å². The number of aromatic amines is 1. The Balaban J connectivity index is 1.66. The molecule has 0 spiro atoms. The number of H-pyrrole nitrogens is 1. The van der Waals surface area contributed by atoms with E-state index in [9.17, 15) is 4.79 Å². The maximum atomic E-state index is 12.1. The molecule has 2 N–H and O–H groups in total. The van der Waals surface area contributed by atoms with Crippen LogP contribution in [0.25, 0.3) is 10.8 Å². The van der Waals surface area contributed by atoms with Crippen LogP contribution in [0.4, 0.5) is 0 Å². The van der Waals surface area contributed by atoms with Crippen molar-refractivity contribution < 1.29 is 4.79 Å². The van der Waals surface area contributed by atoms with Crippen LogP contribution in [0, 0.1) is 6.92 Å². The number of nitrogens with zero attached hydrogens (tertiary/aromatic N) is 2. The van der Waals surface area contributed by atoms with Crippen molar-refractivity contribution in [3.8, 4) is 0 Å². The van der Waals surface area contributed by atoms with E-state index in [0.717, 1.165) is 29.8 Å². The maximum Gasteiger partial charge on any atom is 0.291 e. The molecule has 5 nitrogen and oxygen atoms in total. The molecule has 0 fully saturated rings. The van der Waals surface area contributed by atoms with E-state index in [1.807, 2.05) is 13.8 Å². The fourth-order valence-corrected chi connectivity index (χ4v) is 3.35. The number of carbonyl (C=O) groups excluding carboxylic acids is 1. The normalized spacial score (nSPS) is 13.5. The zero-order valence-corrected chi connectivity index (χ0v) is 13.7. The molecule has 0 saturated heterocycles. The molecule has 1 aliphatic rings. The van der Waals surface area contributed by atoms with Crippen LogP contribution in [0.1, 0.15) is 39.8 Å². The third-order valence-electron chi connectivity index (χ3n) is 4.53. The Morgan fingerprint density at radius 2 is 2.00 bits per heavy atom. The predicted molar refractivity (Wildman–Crippen MR) is 94.4 cm³/mol. The number of hydrogen-bond acceptors (Lipinski definition) is 3. The molecule has 4 rings (SSSR count). The molecule has 5 heteroatoms. The Labute approximate surface area is 139 Å². The zero-order chi connectivity index (χ0) is 16.7. The minimum Gasteiger partial charge on any atom is -0.282 e. The lowest BCUT2D eigenvalue weighted by Crippen LogP contribution is -2.19. The first-order valence-electron chi connectivity index (χ1n) is 8.04. The van der Waals surface area contributed by atoms with Crippen molar-refractivity contribution in [3.05, 3.63) is 64.5 Å². The van der Waals surface area contributed by atoms with Crippen LogP contribution >= 0.6 is 0 Å². The summed E-state index contributed by atoms with van der Waals surface area (Å²) in [4.78, 5) is 12.1. The molecule has 0 atom stereocenters. The number of nitrogens with one attached hydrogen (secondary N) is 2. The van der Waals surface area contributed by atoms with Crippen LogP contribution in [0.3, 0.4) is 0 Å². The standard InChI is InChI=1S/C19H18N4O/c1-11-10-17(22-20-11)19(24)23-21-12(2)15-9-8-14-7-6-13-4-3-5-16(15)18(13)14/h3-5,8-10H,6-7H2,1-2H3,(H,20,22)(H,23,24)/b21-12+. The van der Waals surface area contributed by atoms with Gasteiger partial charge in [-0.1, -0.05) is 30.3 Å². The maximum absolute atomic E-state index is 12.1. The minimum atomic E-state index is -0.315. The molecule has 24 heavy (non-hydrogen) atoms. The fourth-order valence-electron chi connectivity index (χ4n) is 3.35. The molecule has 0 bridgehead atoms. The second-order valence-corrected chi connectivity index (χ2v) is 6.19. The second-order valence-electron chi connectivity index (χ2n) is 6.19. The lowest BCUT2D eigenvalue weighted by molar-refractivity contribution is 0.0950. The SMILES string of the molecule is C/C(=N\NC(=O)c1cc(C)[nH]n1)c1ccc2c3c(cccc13)CC2. The lowest BCUT2D eigenvalue weighted by atomic mass is 9.98. The van der Waals surface area contributed by atoms with Gasteiger partial charge in [-0.3, -0.25) is 9.89 Å². The van der Waals surface area contributed by atoms with Crippen molar-refractivity contribution in [3.63, 3.8) is 0 Å². The van der Waals surface area contributed by atoms with Gasteiger partial charge in [0.2, 0.25) is 0 Å². The monoisotopic (exact) mass is 318 g/mol. The van der Waals surface area contributed by atoms with Gasteiger partial charge in [0.1, 0.15) is 0 Å². The summed E-state index contributed by atoms with van der Waals surface area (Å²) in [6.07, 6.45) is 2.20. The highest BCUT2D eigenvalue weighted by Gasteiger charge is 2.17. The van der Waals surface area contributed by atoms with E-state index < -0.39 is 0 Å². The van der Waals surface area contributed by atoms with Gasteiger partial charge in [0.15, 0.2) is 5.69 Å². The van der Waals surface area contributed by atoms with Gasteiger partial charge in [-0.25, -0.2) is 5.43 Å². The summed E-state index contributed by atoms with van der Waals surface area (Å²) in [7, 11) is 0. The molecule has 1 aromatic heterocycles. The van der Waals surface area contributed by atoms with Gasteiger partial charge in [-0.05, 0) is 54.7 Å². The van der Waals surface area contributed by atoms with Crippen LogP contribution in [0.15, 0.2) is 41.5 Å². The highest BCUT2D eigenvalue weighted by Crippen LogP contribution is 2.32. The first kappa shape index (κ1) is 14.6. The number of hydrogen-bond donors (Lipinski definition) is 2. The lowest BCUT2D eigenvalue weighted by Gasteiger charge is -2.09. The Kier molecular flexibility index (Phi) is 3.41. The smallest absolute Gasteiger partial charge is 0.282 e. The molecule has 2 aromatic carbocycles. The summed E-state index contributed by atoms with van der Waals surface area (Å²) in [5, 5.41) is 13.5. The Bertz CT molecular complexity index is 974. The first-order valence-corrected chi connectivity index (χ1v) is 8.04. The van der Waals surface area contributed by atoms with E-state index in [4.69, 9.17) is 0 Å². The zero-order valence-electron chi connectivity index (χ0n) is 13.7.